The fraction of sp³-hybridized carbons (Fsp3) is 0.524. The fourth-order valence-electron chi connectivity index (χ4n) is 3.44. The molecule has 0 N–H and O–H groups in total. The van der Waals surface area contributed by atoms with E-state index < -0.39 is 0 Å². The molecule has 0 aliphatic carbocycles. The van der Waals surface area contributed by atoms with E-state index in [1.165, 1.54) is 40.1 Å². The summed E-state index contributed by atoms with van der Waals surface area (Å²) in [6.45, 7) is 3.89. The molecule has 25 heavy (non-hydrogen) atoms. The van der Waals surface area contributed by atoms with Crippen LogP contribution in [0.15, 0.2) is 36.4 Å². The van der Waals surface area contributed by atoms with E-state index in [4.69, 9.17) is 4.74 Å². The molecule has 1 aliphatic heterocycles. The molecule has 1 aliphatic rings. The molecule has 2 aromatic rings. The molecule has 3 nitrogen and oxygen atoms in total. The molecule has 1 fully saturated rings. The zero-order valence-corrected chi connectivity index (χ0v) is 16.5. The van der Waals surface area contributed by atoms with Crippen molar-refractivity contribution in [3.63, 3.8) is 0 Å². The maximum atomic E-state index is 5.92. The van der Waals surface area contributed by atoms with Crippen molar-refractivity contribution in [3.8, 4) is 0 Å². The van der Waals surface area contributed by atoms with Crippen LogP contribution in [0.25, 0.3) is 0 Å². The Morgan fingerprint density at radius 1 is 1.00 bits per heavy atom. The van der Waals surface area contributed by atoms with Crippen LogP contribution in [-0.2, 0) is 24.4 Å². The van der Waals surface area contributed by atoms with Crippen molar-refractivity contribution in [2.24, 2.45) is 0 Å². The Balaban J connectivity index is 1.55. The second-order valence-electron chi connectivity index (χ2n) is 7.39. The number of nitrogens with zero attached hydrogens (tertiary/aromatic N) is 2. The van der Waals surface area contributed by atoms with E-state index in [1.54, 1.807) is 0 Å². The lowest BCUT2D eigenvalue weighted by atomic mass is 10.1. The van der Waals surface area contributed by atoms with E-state index in [9.17, 15) is 0 Å². The summed E-state index contributed by atoms with van der Waals surface area (Å²) in [5.41, 5.74) is 2.76. The number of thiophene rings is 1. The number of benzene rings is 1. The standard InChI is InChI=1S/C21H30N2OS/c1-22(2)14-17-7-6-8-18(13-17)15-23(3)16-19-10-11-21(25-19)20-9-4-5-12-24-20/h6-8,10-11,13,20H,4-5,9,12,14-16H2,1-3H3/t20-/m0/s1. The van der Waals surface area contributed by atoms with Crippen molar-refractivity contribution >= 4 is 11.3 Å². The first kappa shape index (κ1) is 18.6. The minimum Gasteiger partial charge on any atom is -0.373 e. The van der Waals surface area contributed by atoms with Gasteiger partial charge in [-0.3, -0.25) is 4.90 Å². The number of rotatable bonds is 7. The van der Waals surface area contributed by atoms with Gasteiger partial charge in [0.25, 0.3) is 0 Å². The van der Waals surface area contributed by atoms with Crippen LogP contribution >= 0.6 is 11.3 Å². The minimum atomic E-state index is 0.334. The van der Waals surface area contributed by atoms with Gasteiger partial charge in [0.2, 0.25) is 0 Å². The molecule has 0 unspecified atom stereocenters. The Morgan fingerprint density at radius 2 is 1.80 bits per heavy atom. The smallest absolute Gasteiger partial charge is 0.0916 e. The van der Waals surface area contributed by atoms with Gasteiger partial charge in [-0.05, 0) is 63.7 Å². The topological polar surface area (TPSA) is 15.7 Å². The van der Waals surface area contributed by atoms with Crippen LogP contribution in [0.4, 0.5) is 0 Å². The average Bonchev–Trinajstić information content (AvgIpc) is 3.03. The van der Waals surface area contributed by atoms with Gasteiger partial charge in [0, 0.05) is 36.0 Å². The van der Waals surface area contributed by atoms with Crippen LogP contribution in [0.5, 0.6) is 0 Å². The van der Waals surface area contributed by atoms with Gasteiger partial charge >= 0.3 is 0 Å². The van der Waals surface area contributed by atoms with E-state index in [0.717, 1.165) is 26.2 Å². The first-order valence-electron chi connectivity index (χ1n) is 9.21. The van der Waals surface area contributed by atoms with Gasteiger partial charge in [-0.15, -0.1) is 11.3 Å². The van der Waals surface area contributed by atoms with Crippen LogP contribution in [0.2, 0.25) is 0 Å². The lowest BCUT2D eigenvalue weighted by Gasteiger charge is -2.21. The van der Waals surface area contributed by atoms with Crippen LogP contribution < -0.4 is 0 Å². The summed E-state index contributed by atoms with van der Waals surface area (Å²) < 4.78 is 5.92. The minimum absolute atomic E-state index is 0.334. The predicted octanol–water partition coefficient (Wildman–Crippen LogP) is 4.68. The van der Waals surface area contributed by atoms with Crippen LogP contribution in [0.3, 0.4) is 0 Å². The van der Waals surface area contributed by atoms with Gasteiger partial charge in [-0.2, -0.15) is 0 Å². The molecule has 2 heterocycles. The number of hydrogen-bond donors (Lipinski definition) is 0. The molecule has 1 aromatic carbocycles. The van der Waals surface area contributed by atoms with E-state index >= 15 is 0 Å². The number of hydrogen-bond acceptors (Lipinski definition) is 4. The maximum absolute atomic E-state index is 5.92. The van der Waals surface area contributed by atoms with Gasteiger partial charge in [-0.1, -0.05) is 24.3 Å². The molecule has 1 saturated heterocycles. The molecule has 0 spiro atoms. The van der Waals surface area contributed by atoms with Gasteiger partial charge in [-0.25, -0.2) is 0 Å². The molecule has 3 rings (SSSR count). The molecule has 1 atom stereocenters. The van der Waals surface area contributed by atoms with Gasteiger partial charge in [0.15, 0.2) is 0 Å². The van der Waals surface area contributed by atoms with E-state index in [-0.39, 0.29) is 0 Å². The summed E-state index contributed by atoms with van der Waals surface area (Å²) in [5, 5.41) is 0. The fourth-order valence-corrected chi connectivity index (χ4v) is 4.62. The third-order valence-electron chi connectivity index (χ3n) is 4.55. The molecule has 4 heteroatoms. The third kappa shape index (κ3) is 5.65. The summed E-state index contributed by atoms with van der Waals surface area (Å²) in [4.78, 5) is 7.43. The van der Waals surface area contributed by atoms with Gasteiger partial charge in [0.1, 0.15) is 0 Å². The molecule has 0 bridgehead atoms. The lowest BCUT2D eigenvalue weighted by molar-refractivity contribution is 0.0172. The second-order valence-corrected chi connectivity index (χ2v) is 8.59. The molecular weight excluding hydrogens is 328 g/mol. The van der Waals surface area contributed by atoms with Crippen molar-refractivity contribution in [3.05, 3.63) is 57.3 Å². The molecule has 0 saturated carbocycles. The van der Waals surface area contributed by atoms with Crippen molar-refractivity contribution in [1.82, 2.24) is 9.80 Å². The summed E-state index contributed by atoms with van der Waals surface area (Å²) in [6, 6.07) is 13.5. The van der Waals surface area contributed by atoms with E-state index in [2.05, 4.69) is 67.3 Å². The van der Waals surface area contributed by atoms with E-state index in [1.807, 2.05) is 11.3 Å². The highest BCUT2D eigenvalue weighted by atomic mass is 32.1. The lowest BCUT2D eigenvalue weighted by Crippen LogP contribution is -2.17. The molecule has 1 aromatic heterocycles. The average molecular weight is 359 g/mol. The number of ether oxygens (including phenoxy) is 1. The monoisotopic (exact) mass is 358 g/mol. The van der Waals surface area contributed by atoms with Crippen LogP contribution in [0.1, 0.15) is 46.2 Å². The normalized spacial score (nSPS) is 18.2. The molecule has 0 amide bonds. The highest BCUT2D eigenvalue weighted by Crippen LogP contribution is 2.33. The molecule has 0 radical (unpaired) electrons. The van der Waals surface area contributed by atoms with Crippen molar-refractivity contribution in [1.29, 1.82) is 0 Å². The predicted molar refractivity (Wildman–Crippen MR) is 106 cm³/mol. The van der Waals surface area contributed by atoms with Gasteiger partial charge in [0.05, 0.1) is 6.10 Å². The Kier molecular flexibility index (Phi) is 6.65. The molecule has 136 valence electrons. The zero-order chi connectivity index (χ0) is 17.6. The van der Waals surface area contributed by atoms with Gasteiger partial charge < -0.3 is 9.64 Å². The van der Waals surface area contributed by atoms with E-state index in [0.29, 0.717) is 6.10 Å². The Morgan fingerprint density at radius 3 is 2.52 bits per heavy atom. The first-order chi connectivity index (χ1) is 12.1. The summed E-state index contributed by atoms with van der Waals surface area (Å²) in [5.74, 6) is 0. The summed E-state index contributed by atoms with van der Waals surface area (Å²) in [6.07, 6.45) is 4.01. The Hall–Kier alpha value is -1.20. The van der Waals surface area contributed by atoms with Crippen molar-refractivity contribution < 1.29 is 4.74 Å². The zero-order valence-electron chi connectivity index (χ0n) is 15.7. The largest absolute Gasteiger partial charge is 0.373 e. The van der Waals surface area contributed by atoms with Crippen molar-refractivity contribution in [2.45, 2.75) is 45.0 Å². The van der Waals surface area contributed by atoms with Crippen LogP contribution in [-0.4, -0.2) is 37.5 Å². The van der Waals surface area contributed by atoms with Crippen molar-refractivity contribution in [2.75, 3.05) is 27.7 Å². The molecular formula is C21H30N2OS. The Bertz CT molecular complexity index is 661. The maximum Gasteiger partial charge on any atom is 0.0916 e. The highest BCUT2D eigenvalue weighted by Gasteiger charge is 2.18. The third-order valence-corrected chi connectivity index (χ3v) is 5.71. The summed E-state index contributed by atoms with van der Waals surface area (Å²) in [7, 11) is 6.43. The van der Waals surface area contributed by atoms with Crippen LogP contribution in [0, 0.1) is 0 Å². The Labute approximate surface area is 156 Å². The SMILES string of the molecule is CN(C)Cc1cccc(CN(C)Cc2ccc([C@@H]3CCCCO3)s2)c1. The quantitative estimate of drug-likeness (QED) is 0.714. The second kappa shape index (κ2) is 8.95. The first-order valence-corrected chi connectivity index (χ1v) is 10.0. The highest BCUT2D eigenvalue weighted by molar-refractivity contribution is 7.12. The summed E-state index contributed by atoms with van der Waals surface area (Å²) >= 11 is 1.92.